The molecule has 0 aliphatic heterocycles. The van der Waals surface area contributed by atoms with Crippen LogP contribution in [0.2, 0.25) is 0 Å². The third-order valence-corrected chi connectivity index (χ3v) is 4.38. The maximum Gasteiger partial charge on any atom is 3.00 e. The van der Waals surface area contributed by atoms with E-state index >= 15 is 0 Å². The number of carboxylic acid groups (broad SMARTS) is 3. The third-order valence-electron chi connectivity index (χ3n) is 4.38. The average molecular weight is 845 g/mol. The molecule has 0 saturated carbocycles. The van der Waals surface area contributed by atoms with Gasteiger partial charge in [0.2, 0.25) is 0 Å². The molecule has 0 aliphatic carbocycles. The van der Waals surface area contributed by atoms with Crippen molar-refractivity contribution in [2.24, 2.45) is 0 Å². The zero-order valence-corrected chi connectivity index (χ0v) is 29.6. The maximum atomic E-state index is 10.9. The van der Waals surface area contributed by atoms with Crippen LogP contribution in [0.5, 0.6) is 0 Å². The van der Waals surface area contributed by atoms with E-state index in [0.29, 0.717) is 0 Å². The van der Waals surface area contributed by atoms with Crippen molar-refractivity contribution in [2.75, 3.05) is 39.6 Å². The predicted octanol–water partition coefficient (Wildman–Crippen LogP) is -2.46. The normalized spacial score (nSPS) is 9.12. The molecule has 0 unspecified atom stereocenters. The molecule has 0 saturated heterocycles. The Hall–Kier alpha value is -4.23. The standard InChI is InChI=1S/3C10H14O6.Gd/c3*1-7(2)10(14)16-6-5-15-9(13)4-3-8(11)12;/h3*1,3-6H2,2H3,(H,11,12);/q;;;+3/p-3. The fourth-order valence-corrected chi connectivity index (χ4v) is 2.07. The van der Waals surface area contributed by atoms with E-state index in [1.165, 1.54) is 20.8 Å². The Morgan fingerprint density at radius 1 is 0.388 bits per heavy atom. The van der Waals surface area contributed by atoms with Crippen LogP contribution in [0.3, 0.4) is 0 Å². The average Bonchev–Trinajstić information content (AvgIpc) is 3.00. The van der Waals surface area contributed by atoms with Crippen molar-refractivity contribution in [3.05, 3.63) is 36.5 Å². The van der Waals surface area contributed by atoms with Gasteiger partial charge in [-0.05, 0) is 40.0 Å². The van der Waals surface area contributed by atoms with Gasteiger partial charge in [-0.3, -0.25) is 14.4 Å². The number of carboxylic acids is 3. The van der Waals surface area contributed by atoms with Gasteiger partial charge in [0.05, 0.1) is 19.3 Å². The van der Waals surface area contributed by atoms with Crippen molar-refractivity contribution >= 4 is 53.7 Å². The molecule has 0 N–H and O–H groups in total. The van der Waals surface area contributed by atoms with E-state index in [9.17, 15) is 58.5 Å². The molecule has 0 bridgehead atoms. The summed E-state index contributed by atoms with van der Waals surface area (Å²) in [6.45, 7) is 14.0. The SMILES string of the molecule is C=C(C)C(=O)OCCOC(=O)CCC(=O)[O-].C=C(C)C(=O)OCCOC(=O)CCC(=O)[O-].C=C(C)C(=O)OCCOC(=O)CCC(=O)[O-].[Gd+3]. The van der Waals surface area contributed by atoms with Crippen molar-refractivity contribution in [1.29, 1.82) is 0 Å². The first-order valence-electron chi connectivity index (χ1n) is 13.8. The summed E-state index contributed by atoms with van der Waals surface area (Å²) in [5, 5.41) is 30.0. The number of ether oxygens (including phenoxy) is 6. The molecule has 0 rings (SSSR count). The van der Waals surface area contributed by atoms with E-state index in [4.69, 9.17) is 0 Å². The zero-order chi connectivity index (χ0) is 37.7. The second-order valence-electron chi connectivity index (χ2n) is 9.03. The molecule has 0 aromatic rings. The van der Waals surface area contributed by atoms with Crippen LogP contribution in [0.15, 0.2) is 36.5 Å². The second kappa shape index (κ2) is 32.3. The number of hydrogen-bond donors (Lipinski definition) is 0. The van der Waals surface area contributed by atoms with Crippen molar-refractivity contribution in [2.45, 2.75) is 59.3 Å². The van der Waals surface area contributed by atoms with Crippen LogP contribution in [0.1, 0.15) is 59.3 Å². The van der Waals surface area contributed by atoms with E-state index in [0.717, 1.165) is 0 Å². The van der Waals surface area contributed by atoms with E-state index in [1.54, 1.807) is 0 Å². The molecular weight excluding hydrogens is 806 g/mol. The van der Waals surface area contributed by atoms with Gasteiger partial charge in [-0.2, -0.15) is 0 Å². The molecule has 1 radical (unpaired) electrons. The van der Waals surface area contributed by atoms with Crippen LogP contribution in [0.25, 0.3) is 0 Å². The van der Waals surface area contributed by atoms with Crippen molar-refractivity contribution in [1.82, 2.24) is 0 Å². The molecule has 275 valence electrons. The summed E-state index contributed by atoms with van der Waals surface area (Å²) in [4.78, 5) is 95.1. The Morgan fingerprint density at radius 3 is 0.735 bits per heavy atom. The molecule has 0 aromatic carbocycles. The first-order chi connectivity index (χ1) is 22.3. The van der Waals surface area contributed by atoms with Gasteiger partial charge in [-0.25, -0.2) is 14.4 Å². The smallest absolute Gasteiger partial charge is 0.550 e. The van der Waals surface area contributed by atoms with Gasteiger partial charge in [-0.15, -0.1) is 0 Å². The van der Waals surface area contributed by atoms with Crippen molar-refractivity contribution < 1.29 is 127 Å². The van der Waals surface area contributed by atoms with Crippen LogP contribution >= 0.6 is 0 Å². The van der Waals surface area contributed by atoms with Gasteiger partial charge in [0.1, 0.15) is 39.6 Å². The first-order valence-corrected chi connectivity index (χ1v) is 13.8. The summed E-state index contributed by atoms with van der Waals surface area (Å²) in [6, 6.07) is 0. The molecule has 0 spiro atoms. The van der Waals surface area contributed by atoms with Crippen LogP contribution in [0, 0.1) is 39.9 Å². The molecule has 0 atom stereocenters. The summed E-state index contributed by atoms with van der Waals surface area (Å²) in [6.07, 6.45) is -1.91. The van der Waals surface area contributed by atoms with E-state index < -0.39 is 53.7 Å². The minimum absolute atomic E-state index is 0. The van der Waals surface area contributed by atoms with Crippen molar-refractivity contribution in [3.8, 4) is 0 Å². The van der Waals surface area contributed by atoms with Gasteiger partial charge in [0.15, 0.2) is 0 Å². The molecule has 19 heteroatoms. The molecule has 0 heterocycles. The third kappa shape index (κ3) is 39.9. The van der Waals surface area contributed by atoms with Crippen LogP contribution in [-0.2, 0) is 71.6 Å². The molecular formula is C30H39GdO18. The van der Waals surface area contributed by atoms with E-state index in [1.807, 2.05) is 0 Å². The number of aliphatic carboxylic acids is 3. The summed E-state index contributed by atoms with van der Waals surface area (Å²) >= 11 is 0. The summed E-state index contributed by atoms with van der Waals surface area (Å²) in [5.74, 6) is -7.65. The quantitative estimate of drug-likeness (QED) is 0.0501. The molecule has 49 heavy (non-hydrogen) atoms. The van der Waals surface area contributed by atoms with Gasteiger partial charge < -0.3 is 58.1 Å². The molecule has 0 aromatic heterocycles. The summed E-state index contributed by atoms with van der Waals surface area (Å²) in [7, 11) is 0. The van der Waals surface area contributed by atoms with Crippen LogP contribution in [0.4, 0.5) is 0 Å². The zero-order valence-electron chi connectivity index (χ0n) is 27.3. The fourth-order valence-electron chi connectivity index (χ4n) is 2.07. The predicted molar refractivity (Wildman–Crippen MR) is 153 cm³/mol. The number of carbonyl (C=O) groups excluding carboxylic acids is 9. The molecule has 0 amide bonds. The van der Waals surface area contributed by atoms with Gasteiger partial charge >= 0.3 is 75.8 Å². The fraction of sp³-hybridized carbons (Fsp3) is 0.500. The number of rotatable bonds is 21. The van der Waals surface area contributed by atoms with Crippen LogP contribution < -0.4 is 15.3 Å². The summed E-state index contributed by atoms with van der Waals surface area (Å²) < 4.78 is 27.7. The molecule has 0 fully saturated rings. The van der Waals surface area contributed by atoms with Crippen molar-refractivity contribution in [3.63, 3.8) is 0 Å². The van der Waals surface area contributed by atoms with Crippen LogP contribution in [-0.4, -0.2) is 93.4 Å². The monoisotopic (exact) mass is 845 g/mol. The Bertz CT molecular complexity index is 1030. The first kappa shape index (κ1) is 51.6. The van der Waals surface area contributed by atoms with E-state index in [2.05, 4.69) is 48.2 Å². The summed E-state index contributed by atoms with van der Waals surface area (Å²) in [5.41, 5.74) is 0.759. The van der Waals surface area contributed by atoms with Gasteiger partial charge in [0.25, 0.3) is 0 Å². The minimum atomic E-state index is -1.31. The largest absolute Gasteiger partial charge is 3.00 e. The Labute approximate surface area is 314 Å². The molecule has 18 nitrogen and oxygen atoms in total. The Morgan fingerprint density at radius 2 is 0.571 bits per heavy atom. The second-order valence-corrected chi connectivity index (χ2v) is 9.03. The minimum Gasteiger partial charge on any atom is -0.550 e. The van der Waals surface area contributed by atoms with E-state index in [-0.39, 0.29) is 135 Å². The topological polar surface area (TPSA) is 278 Å². The Balaban J connectivity index is -0.000000307. The maximum absolute atomic E-state index is 10.9. The molecule has 0 aliphatic rings. The van der Waals surface area contributed by atoms with Gasteiger partial charge in [-0.1, -0.05) is 19.7 Å². The number of carbonyl (C=O) groups is 9. The Kier molecular flexibility index (Phi) is 34.0. The number of hydrogen-bond acceptors (Lipinski definition) is 18. The van der Waals surface area contributed by atoms with Gasteiger partial charge in [0, 0.05) is 34.6 Å². The number of esters is 6.